The first-order valence-corrected chi connectivity index (χ1v) is 9.75. The Bertz CT molecular complexity index is 825. The van der Waals surface area contributed by atoms with Gasteiger partial charge in [0.2, 0.25) is 11.8 Å². The molecule has 2 rings (SSSR count). The van der Waals surface area contributed by atoms with E-state index < -0.39 is 6.04 Å². The van der Waals surface area contributed by atoms with Crippen molar-refractivity contribution in [3.63, 3.8) is 0 Å². The van der Waals surface area contributed by atoms with Gasteiger partial charge >= 0.3 is 0 Å². The summed E-state index contributed by atoms with van der Waals surface area (Å²) in [6.45, 7) is 4.10. The van der Waals surface area contributed by atoms with Gasteiger partial charge in [-0.05, 0) is 42.3 Å². The first kappa shape index (κ1) is 22.1. The molecule has 0 saturated carbocycles. The van der Waals surface area contributed by atoms with Gasteiger partial charge in [-0.1, -0.05) is 48.3 Å². The molecule has 0 radical (unpaired) electrons. The molecular weight excluding hydrogens is 399 g/mol. The molecule has 0 aliphatic heterocycles. The van der Waals surface area contributed by atoms with Gasteiger partial charge in [-0.2, -0.15) is 0 Å². The number of ether oxygens (including phenoxy) is 1. The fraction of sp³-hybridized carbons (Fsp3) is 0.333. The van der Waals surface area contributed by atoms with Crippen LogP contribution in [0.1, 0.15) is 31.4 Å². The Morgan fingerprint density at radius 3 is 2.39 bits per heavy atom. The summed E-state index contributed by atoms with van der Waals surface area (Å²) in [6.07, 6.45) is 0.316. The maximum atomic E-state index is 12.7. The van der Waals surface area contributed by atoms with Gasteiger partial charge in [0.1, 0.15) is 11.8 Å². The molecule has 5 nitrogen and oxygen atoms in total. The molecule has 2 aromatic carbocycles. The Morgan fingerprint density at radius 2 is 1.82 bits per heavy atom. The minimum Gasteiger partial charge on any atom is -0.497 e. The lowest BCUT2D eigenvalue weighted by Gasteiger charge is -2.28. The van der Waals surface area contributed by atoms with Crippen molar-refractivity contribution in [2.45, 2.75) is 39.4 Å². The van der Waals surface area contributed by atoms with E-state index in [1.807, 2.05) is 24.3 Å². The number of methoxy groups -OCH3 is 1. The van der Waals surface area contributed by atoms with Gasteiger partial charge in [0.25, 0.3) is 0 Å². The lowest BCUT2D eigenvalue weighted by atomic mass is 10.1. The molecule has 0 heterocycles. The van der Waals surface area contributed by atoms with Crippen LogP contribution in [-0.4, -0.2) is 29.9 Å². The van der Waals surface area contributed by atoms with Crippen LogP contribution in [-0.2, 0) is 22.7 Å². The van der Waals surface area contributed by atoms with Crippen LogP contribution in [0.2, 0.25) is 10.0 Å². The van der Waals surface area contributed by atoms with E-state index in [4.69, 9.17) is 27.9 Å². The van der Waals surface area contributed by atoms with Crippen molar-refractivity contribution in [1.29, 1.82) is 0 Å². The van der Waals surface area contributed by atoms with Crippen molar-refractivity contribution in [2.24, 2.45) is 0 Å². The SMILES string of the molecule is CCC(=O)N(Cc1ccc(OC)cc1)C(C)C(=O)NCc1ccc(Cl)cc1Cl. The van der Waals surface area contributed by atoms with Gasteiger partial charge in [0, 0.05) is 29.6 Å². The normalized spacial score (nSPS) is 11.6. The van der Waals surface area contributed by atoms with Crippen LogP contribution in [0.3, 0.4) is 0 Å². The molecule has 0 aromatic heterocycles. The fourth-order valence-corrected chi connectivity index (χ4v) is 3.18. The number of rotatable bonds is 8. The first-order chi connectivity index (χ1) is 13.3. The highest BCUT2D eigenvalue weighted by molar-refractivity contribution is 6.35. The zero-order valence-electron chi connectivity index (χ0n) is 16.2. The quantitative estimate of drug-likeness (QED) is 0.683. The summed E-state index contributed by atoms with van der Waals surface area (Å²) in [6, 6.07) is 11.9. The average Bonchev–Trinajstić information content (AvgIpc) is 2.70. The number of carbonyl (C=O) groups excluding carboxylic acids is 2. The largest absolute Gasteiger partial charge is 0.497 e. The van der Waals surface area contributed by atoms with Crippen molar-refractivity contribution in [1.82, 2.24) is 10.2 Å². The Hall–Kier alpha value is -2.24. The van der Waals surface area contributed by atoms with E-state index >= 15 is 0 Å². The van der Waals surface area contributed by atoms with Crippen LogP contribution < -0.4 is 10.1 Å². The van der Waals surface area contributed by atoms with Gasteiger partial charge < -0.3 is 15.0 Å². The molecule has 0 fully saturated rings. The van der Waals surface area contributed by atoms with Crippen LogP contribution in [0.15, 0.2) is 42.5 Å². The van der Waals surface area contributed by atoms with Crippen LogP contribution in [0.5, 0.6) is 5.75 Å². The summed E-state index contributed by atoms with van der Waals surface area (Å²) in [5.74, 6) is 0.395. The average molecular weight is 423 g/mol. The number of hydrogen-bond donors (Lipinski definition) is 1. The highest BCUT2D eigenvalue weighted by Gasteiger charge is 2.25. The predicted octanol–water partition coefficient (Wildman–Crippen LogP) is 4.45. The predicted molar refractivity (Wildman–Crippen MR) is 112 cm³/mol. The Morgan fingerprint density at radius 1 is 1.14 bits per heavy atom. The molecule has 0 aliphatic rings. The number of benzene rings is 2. The van der Waals surface area contributed by atoms with Crippen molar-refractivity contribution in [3.05, 3.63) is 63.6 Å². The van der Waals surface area contributed by atoms with Gasteiger partial charge in [-0.25, -0.2) is 0 Å². The van der Waals surface area contributed by atoms with E-state index in [1.165, 1.54) is 0 Å². The molecule has 28 heavy (non-hydrogen) atoms. The van der Waals surface area contributed by atoms with Crippen LogP contribution in [0.25, 0.3) is 0 Å². The highest BCUT2D eigenvalue weighted by atomic mass is 35.5. The Labute approximate surface area is 175 Å². The third kappa shape index (κ3) is 5.88. The molecule has 0 aliphatic carbocycles. The summed E-state index contributed by atoms with van der Waals surface area (Å²) < 4.78 is 5.16. The number of nitrogens with one attached hydrogen (secondary N) is 1. The van der Waals surface area contributed by atoms with Crippen molar-refractivity contribution < 1.29 is 14.3 Å². The van der Waals surface area contributed by atoms with Crippen molar-refractivity contribution in [2.75, 3.05) is 7.11 Å². The number of amides is 2. The zero-order chi connectivity index (χ0) is 20.7. The maximum absolute atomic E-state index is 12.7. The van der Waals surface area contributed by atoms with Gasteiger partial charge in [-0.15, -0.1) is 0 Å². The van der Waals surface area contributed by atoms with Crippen LogP contribution >= 0.6 is 23.2 Å². The second-order valence-electron chi connectivity index (χ2n) is 6.35. The van der Waals surface area contributed by atoms with Crippen molar-refractivity contribution in [3.8, 4) is 5.75 Å². The first-order valence-electron chi connectivity index (χ1n) is 8.99. The van der Waals surface area contributed by atoms with E-state index in [0.29, 0.717) is 23.0 Å². The second kappa shape index (κ2) is 10.3. The minimum atomic E-state index is -0.624. The number of halogens is 2. The third-order valence-corrected chi connectivity index (χ3v) is 5.04. The molecule has 7 heteroatoms. The van der Waals surface area contributed by atoms with E-state index in [0.717, 1.165) is 16.9 Å². The Balaban J connectivity index is 2.06. The zero-order valence-corrected chi connectivity index (χ0v) is 17.7. The number of nitrogens with zero attached hydrogens (tertiary/aromatic N) is 1. The standard InChI is InChI=1S/C21H24Cl2N2O3/c1-4-20(26)25(13-15-5-9-18(28-3)10-6-15)14(2)21(27)24-12-16-7-8-17(22)11-19(16)23/h5-11,14H,4,12-13H2,1-3H3,(H,24,27). The van der Waals surface area contributed by atoms with E-state index in [-0.39, 0.29) is 18.4 Å². The fourth-order valence-electron chi connectivity index (χ4n) is 2.71. The third-order valence-electron chi connectivity index (χ3n) is 4.45. The summed E-state index contributed by atoms with van der Waals surface area (Å²) in [5, 5.41) is 3.86. The van der Waals surface area contributed by atoms with E-state index in [2.05, 4.69) is 5.32 Å². The monoisotopic (exact) mass is 422 g/mol. The van der Waals surface area contributed by atoms with Crippen LogP contribution in [0.4, 0.5) is 0 Å². The summed E-state index contributed by atoms with van der Waals surface area (Å²) in [7, 11) is 1.60. The number of hydrogen-bond acceptors (Lipinski definition) is 3. The molecule has 2 aromatic rings. The van der Waals surface area contributed by atoms with Gasteiger partial charge in [-0.3, -0.25) is 9.59 Å². The lowest BCUT2D eigenvalue weighted by molar-refractivity contribution is -0.140. The molecule has 0 saturated heterocycles. The second-order valence-corrected chi connectivity index (χ2v) is 7.20. The molecule has 0 bridgehead atoms. The minimum absolute atomic E-state index is 0.0945. The summed E-state index contributed by atoms with van der Waals surface area (Å²) in [4.78, 5) is 26.7. The van der Waals surface area contributed by atoms with Gasteiger partial charge in [0.05, 0.1) is 7.11 Å². The topological polar surface area (TPSA) is 58.6 Å². The molecule has 1 atom stereocenters. The molecule has 150 valence electrons. The molecule has 2 amide bonds. The smallest absolute Gasteiger partial charge is 0.242 e. The van der Waals surface area contributed by atoms with Crippen molar-refractivity contribution >= 4 is 35.0 Å². The Kier molecular flexibility index (Phi) is 8.15. The molecule has 0 spiro atoms. The molecule has 1 N–H and O–H groups in total. The maximum Gasteiger partial charge on any atom is 0.242 e. The number of carbonyl (C=O) groups is 2. The van der Waals surface area contributed by atoms with E-state index in [1.54, 1.807) is 44.1 Å². The highest BCUT2D eigenvalue weighted by Crippen LogP contribution is 2.21. The summed E-state index contributed by atoms with van der Waals surface area (Å²) in [5.41, 5.74) is 1.68. The molecule has 1 unspecified atom stereocenters. The van der Waals surface area contributed by atoms with Crippen LogP contribution in [0, 0.1) is 0 Å². The van der Waals surface area contributed by atoms with Gasteiger partial charge in [0.15, 0.2) is 0 Å². The van der Waals surface area contributed by atoms with E-state index in [9.17, 15) is 9.59 Å². The molecular formula is C21H24Cl2N2O3. The summed E-state index contributed by atoms with van der Waals surface area (Å²) >= 11 is 12.0. The lowest BCUT2D eigenvalue weighted by Crippen LogP contribution is -2.47.